The van der Waals surface area contributed by atoms with Crippen LogP contribution in [0.15, 0.2) is 12.1 Å². The Morgan fingerprint density at radius 1 is 1.32 bits per heavy atom. The first-order valence-electron chi connectivity index (χ1n) is 8.08. The Labute approximate surface area is 145 Å². The van der Waals surface area contributed by atoms with Gasteiger partial charge in [-0.3, -0.25) is 0 Å². The molecule has 1 fully saturated rings. The van der Waals surface area contributed by atoms with E-state index in [1.54, 1.807) is 27.8 Å². The van der Waals surface area contributed by atoms with Crippen LogP contribution in [0.3, 0.4) is 0 Å². The van der Waals surface area contributed by atoms with Gasteiger partial charge in [-0.1, -0.05) is 0 Å². The highest BCUT2D eigenvalue weighted by atomic mass is 19.4. The van der Waals surface area contributed by atoms with Crippen LogP contribution in [0.2, 0.25) is 0 Å². The second-order valence-electron chi connectivity index (χ2n) is 7.49. The van der Waals surface area contributed by atoms with Crippen LogP contribution in [-0.4, -0.2) is 25.2 Å². The zero-order chi connectivity index (χ0) is 19.0. The minimum atomic E-state index is -4.55. The zero-order valence-electron chi connectivity index (χ0n) is 14.8. The van der Waals surface area contributed by atoms with E-state index in [0.29, 0.717) is 12.5 Å². The predicted molar refractivity (Wildman–Crippen MR) is 90.8 cm³/mol. The fourth-order valence-electron chi connectivity index (χ4n) is 2.43. The number of hydrogen-bond acceptors (Lipinski definition) is 4. The van der Waals surface area contributed by atoms with E-state index in [1.807, 2.05) is 0 Å². The van der Waals surface area contributed by atoms with Gasteiger partial charge in [0.05, 0.1) is 16.9 Å². The fraction of sp³-hybridized carbons (Fsp3) is 0.588. The molecule has 0 saturated heterocycles. The summed E-state index contributed by atoms with van der Waals surface area (Å²) in [5.74, 6) is 0.310. The Morgan fingerprint density at radius 3 is 2.40 bits per heavy atom. The van der Waals surface area contributed by atoms with Crippen LogP contribution in [-0.2, 0) is 6.18 Å². The molecule has 8 heteroatoms. The molecule has 0 heterocycles. The second kappa shape index (κ2) is 6.65. The third kappa shape index (κ3) is 5.44. The van der Waals surface area contributed by atoms with Gasteiger partial charge in [-0.25, -0.2) is 4.79 Å². The summed E-state index contributed by atoms with van der Waals surface area (Å²) in [6, 6.07) is 2.00. The molecule has 0 aromatic heterocycles. The van der Waals surface area contributed by atoms with E-state index < -0.39 is 23.4 Å². The average Bonchev–Trinajstić information content (AvgIpc) is 3.21. The third-order valence-corrected chi connectivity index (χ3v) is 3.75. The molecular formula is C17H24F3N3O2. The van der Waals surface area contributed by atoms with Crippen LogP contribution in [0, 0.1) is 5.92 Å². The van der Waals surface area contributed by atoms with E-state index in [-0.39, 0.29) is 17.1 Å². The van der Waals surface area contributed by atoms with Gasteiger partial charge in [-0.05, 0) is 45.6 Å². The number of nitrogens with zero attached hydrogens (tertiary/aromatic N) is 1. The van der Waals surface area contributed by atoms with Crippen LogP contribution in [0.1, 0.15) is 39.2 Å². The van der Waals surface area contributed by atoms with Crippen molar-refractivity contribution in [3.05, 3.63) is 17.7 Å². The highest BCUT2D eigenvalue weighted by molar-refractivity contribution is 5.76. The highest BCUT2D eigenvalue weighted by Gasteiger charge is 2.36. The number of carbonyl (C=O) groups excluding carboxylic acids is 1. The van der Waals surface area contributed by atoms with Gasteiger partial charge in [0.25, 0.3) is 0 Å². The molecule has 0 spiro atoms. The molecule has 140 valence electrons. The van der Waals surface area contributed by atoms with Gasteiger partial charge in [-0.15, -0.1) is 0 Å². The van der Waals surface area contributed by atoms with Crippen molar-refractivity contribution in [2.45, 2.75) is 45.3 Å². The number of nitrogen functional groups attached to an aromatic ring is 1. The standard InChI is InChI=1S/C17H24F3N3O2/c1-16(2,3)22-15(24)25-14-8-13(23(4)9-10-5-6-10)11(7-12(14)21)17(18,19)20/h7-8,10H,5-6,9,21H2,1-4H3,(H,22,24). The van der Waals surface area contributed by atoms with Crippen LogP contribution < -0.4 is 20.7 Å². The lowest BCUT2D eigenvalue weighted by Gasteiger charge is -2.25. The van der Waals surface area contributed by atoms with Crippen molar-refractivity contribution in [3.8, 4) is 5.75 Å². The van der Waals surface area contributed by atoms with Gasteiger partial charge in [-0.2, -0.15) is 13.2 Å². The molecule has 1 saturated carbocycles. The molecule has 1 amide bonds. The van der Waals surface area contributed by atoms with Crippen molar-refractivity contribution in [1.29, 1.82) is 0 Å². The van der Waals surface area contributed by atoms with Crippen molar-refractivity contribution in [3.63, 3.8) is 0 Å². The van der Waals surface area contributed by atoms with E-state index in [9.17, 15) is 18.0 Å². The van der Waals surface area contributed by atoms with Gasteiger partial charge in [0.1, 0.15) is 0 Å². The number of nitrogens with two attached hydrogens (primary N) is 1. The minimum absolute atomic E-state index is 0.0489. The highest BCUT2D eigenvalue weighted by Crippen LogP contribution is 2.42. The quantitative estimate of drug-likeness (QED) is 0.797. The van der Waals surface area contributed by atoms with Crippen molar-refractivity contribution in [2.24, 2.45) is 5.92 Å². The van der Waals surface area contributed by atoms with Gasteiger partial charge in [0, 0.05) is 25.2 Å². The Bertz CT molecular complexity index is 650. The molecule has 0 bridgehead atoms. The number of benzene rings is 1. The monoisotopic (exact) mass is 359 g/mol. The van der Waals surface area contributed by atoms with E-state index in [0.717, 1.165) is 18.9 Å². The summed E-state index contributed by atoms with van der Waals surface area (Å²) >= 11 is 0. The smallest absolute Gasteiger partial charge is 0.408 e. The van der Waals surface area contributed by atoms with E-state index in [2.05, 4.69) is 5.32 Å². The fourth-order valence-corrected chi connectivity index (χ4v) is 2.43. The topological polar surface area (TPSA) is 67.6 Å². The lowest BCUT2D eigenvalue weighted by molar-refractivity contribution is -0.137. The maximum atomic E-state index is 13.4. The van der Waals surface area contributed by atoms with E-state index in [1.165, 1.54) is 11.0 Å². The Hall–Kier alpha value is -2.12. The number of nitrogens with one attached hydrogen (secondary N) is 1. The van der Waals surface area contributed by atoms with Crippen LogP contribution in [0.25, 0.3) is 0 Å². The summed E-state index contributed by atoms with van der Waals surface area (Å²) in [6.07, 6.45) is -3.29. The van der Waals surface area contributed by atoms with Crippen LogP contribution >= 0.6 is 0 Å². The number of rotatable bonds is 4. The number of alkyl halides is 3. The first-order valence-corrected chi connectivity index (χ1v) is 8.08. The number of amides is 1. The van der Waals surface area contributed by atoms with Crippen LogP contribution in [0.5, 0.6) is 5.75 Å². The maximum absolute atomic E-state index is 13.4. The Kier molecular flexibility index (Phi) is 5.11. The average molecular weight is 359 g/mol. The lowest BCUT2D eigenvalue weighted by atomic mass is 10.1. The molecule has 1 aliphatic rings. The number of carbonyl (C=O) groups is 1. The van der Waals surface area contributed by atoms with Crippen molar-refractivity contribution in [1.82, 2.24) is 5.32 Å². The molecule has 5 nitrogen and oxygen atoms in total. The van der Waals surface area contributed by atoms with Crippen LogP contribution in [0.4, 0.5) is 29.3 Å². The summed E-state index contributed by atoms with van der Waals surface area (Å²) in [6.45, 7) is 5.80. The Balaban J connectivity index is 2.32. The van der Waals surface area contributed by atoms with Gasteiger partial charge >= 0.3 is 12.3 Å². The SMILES string of the molecule is CN(CC1CC1)c1cc(OC(=O)NC(C)(C)C)c(N)cc1C(F)(F)F. The second-order valence-corrected chi connectivity index (χ2v) is 7.49. The zero-order valence-corrected chi connectivity index (χ0v) is 14.8. The molecule has 0 radical (unpaired) electrons. The molecule has 1 aromatic rings. The summed E-state index contributed by atoms with van der Waals surface area (Å²) < 4.78 is 45.2. The number of ether oxygens (including phenoxy) is 1. The van der Waals surface area contributed by atoms with Crippen molar-refractivity contribution < 1.29 is 22.7 Å². The third-order valence-electron chi connectivity index (χ3n) is 3.75. The van der Waals surface area contributed by atoms with E-state index >= 15 is 0 Å². The molecule has 25 heavy (non-hydrogen) atoms. The first kappa shape index (κ1) is 19.2. The lowest BCUT2D eigenvalue weighted by Crippen LogP contribution is -2.42. The molecular weight excluding hydrogens is 335 g/mol. The molecule has 0 aliphatic heterocycles. The molecule has 3 N–H and O–H groups in total. The minimum Gasteiger partial charge on any atom is -0.408 e. The van der Waals surface area contributed by atoms with Gasteiger partial charge in [0.15, 0.2) is 5.75 Å². The summed E-state index contributed by atoms with van der Waals surface area (Å²) in [5, 5.41) is 2.58. The van der Waals surface area contributed by atoms with E-state index in [4.69, 9.17) is 10.5 Å². The summed E-state index contributed by atoms with van der Waals surface area (Å²) in [4.78, 5) is 13.4. The van der Waals surface area contributed by atoms with Crippen molar-refractivity contribution in [2.75, 3.05) is 24.2 Å². The summed E-state index contributed by atoms with van der Waals surface area (Å²) in [7, 11) is 1.60. The molecule has 1 aromatic carbocycles. The predicted octanol–water partition coefficient (Wildman–Crippen LogP) is 4.02. The normalized spacial score (nSPS) is 15.0. The maximum Gasteiger partial charge on any atom is 0.418 e. The Morgan fingerprint density at radius 2 is 1.92 bits per heavy atom. The first-order chi connectivity index (χ1) is 11.4. The van der Waals surface area contributed by atoms with Crippen molar-refractivity contribution >= 4 is 17.5 Å². The molecule has 0 unspecified atom stereocenters. The summed E-state index contributed by atoms with van der Waals surface area (Å²) in [5.41, 5.74) is 4.03. The molecule has 1 aliphatic carbocycles. The van der Waals surface area contributed by atoms with Gasteiger partial charge < -0.3 is 20.7 Å². The largest absolute Gasteiger partial charge is 0.418 e. The number of hydrogen-bond donors (Lipinski definition) is 2. The number of halogens is 3. The van der Waals surface area contributed by atoms with Gasteiger partial charge in [0.2, 0.25) is 0 Å². The molecule has 0 atom stereocenters. The number of anilines is 2. The molecule has 2 rings (SSSR count).